The average molecular weight is 398 g/mol. The van der Waals surface area contributed by atoms with Crippen molar-refractivity contribution in [2.24, 2.45) is 0 Å². The number of ether oxygens (including phenoxy) is 1. The first-order valence-corrected chi connectivity index (χ1v) is 9.18. The van der Waals surface area contributed by atoms with E-state index in [9.17, 15) is 9.59 Å². The molecule has 0 bridgehead atoms. The number of esters is 1. The van der Waals surface area contributed by atoms with Crippen molar-refractivity contribution < 1.29 is 14.3 Å². The molecule has 1 heterocycles. The number of hydrogen-bond acceptors (Lipinski definition) is 4. The molecule has 0 fully saturated rings. The van der Waals surface area contributed by atoms with Crippen LogP contribution < -0.4 is 5.32 Å². The normalized spacial score (nSPS) is 11.6. The van der Waals surface area contributed by atoms with E-state index in [4.69, 9.17) is 16.3 Å². The quantitative estimate of drug-likeness (QED) is 0.619. The highest BCUT2D eigenvalue weighted by molar-refractivity contribution is 6.30. The molecule has 7 heteroatoms. The molecule has 2 aromatic carbocycles. The second kappa shape index (κ2) is 9.19. The zero-order chi connectivity index (χ0) is 19.9. The summed E-state index contributed by atoms with van der Waals surface area (Å²) in [5.74, 6) is -0.849. The van der Waals surface area contributed by atoms with Crippen LogP contribution in [0.1, 0.15) is 24.1 Å². The minimum absolute atomic E-state index is 0.0485. The lowest BCUT2D eigenvalue weighted by molar-refractivity contribution is -0.148. The van der Waals surface area contributed by atoms with Crippen LogP contribution in [0.5, 0.6) is 0 Å². The van der Waals surface area contributed by atoms with E-state index in [1.54, 1.807) is 29.2 Å². The van der Waals surface area contributed by atoms with E-state index in [1.165, 1.54) is 0 Å². The Balaban J connectivity index is 1.46. The first-order chi connectivity index (χ1) is 13.5. The van der Waals surface area contributed by atoms with Gasteiger partial charge in [0, 0.05) is 16.8 Å². The molecule has 0 saturated carbocycles. The summed E-state index contributed by atoms with van der Waals surface area (Å²) in [6, 6.07) is 16.6. The lowest BCUT2D eigenvalue weighted by Crippen LogP contribution is -2.31. The van der Waals surface area contributed by atoms with Crippen molar-refractivity contribution in [2.75, 3.05) is 6.61 Å². The summed E-state index contributed by atoms with van der Waals surface area (Å²) < 4.78 is 6.75. The zero-order valence-electron chi connectivity index (χ0n) is 15.3. The number of carbonyl (C=O) groups is 2. The molecule has 0 saturated heterocycles. The van der Waals surface area contributed by atoms with Gasteiger partial charge >= 0.3 is 5.97 Å². The fraction of sp³-hybridized carbons (Fsp3) is 0.190. The number of hydrogen-bond donors (Lipinski definition) is 1. The Bertz CT molecular complexity index is 939. The molecule has 1 N–H and O–H groups in total. The van der Waals surface area contributed by atoms with E-state index < -0.39 is 5.97 Å². The molecular formula is C21H20ClN3O3. The summed E-state index contributed by atoms with van der Waals surface area (Å²) in [7, 11) is 0. The molecule has 0 spiro atoms. The van der Waals surface area contributed by atoms with Gasteiger partial charge in [0.1, 0.15) is 0 Å². The van der Waals surface area contributed by atoms with Gasteiger partial charge in [0.25, 0.3) is 5.91 Å². The minimum atomic E-state index is -0.484. The van der Waals surface area contributed by atoms with E-state index in [1.807, 2.05) is 49.4 Å². The SMILES string of the molecule is CC(NC(=O)COC(=O)Cc1cnn(-c2ccccc2)c1)c1ccc(Cl)cc1. The largest absolute Gasteiger partial charge is 0.455 e. The monoisotopic (exact) mass is 397 g/mol. The lowest BCUT2D eigenvalue weighted by atomic mass is 10.1. The maximum Gasteiger partial charge on any atom is 0.310 e. The van der Waals surface area contributed by atoms with Crippen molar-refractivity contribution in [2.45, 2.75) is 19.4 Å². The number of rotatable bonds is 7. The van der Waals surface area contributed by atoms with Gasteiger partial charge in [-0.3, -0.25) is 9.59 Å². The number of carbonyl (C=O) groups excluding carboxylic acids is 2. The summed E-state index contributed by atoms with van der Waals surface area (Å²) in [5, 5.41) is 7.65. The molecule has 6 nitrogen and oxygen atoms in total. The van der Waals surface area contributed by atoms with Gasteiger partial charge in [-0.15, -0.1) is 0 Å². The number of nitrogens with one attached hydrogen (secondary N) is 1. The average Bonchev–Trinajstić information content (AvgIpc) is 3.16. The molecule has 3 rings (SSSR count). The van der Waals surface area contributed by atoms with Crippen molar-refractivity contribution >= 4 is 23.5 Å². The van der Waals surface area contributed by atoms with Crippen molar-refractivity contribution in [3.8, 4) is 5.69 Å². The maximum atomic E-state index is 12.0. The first kappa shape index (κ1) is 19.6. The van der Waals surface area contributed by atoms with Crippen LogP contribution >= 0.6 is 11.6 Å². The smallest absolute Gasteiger partial charge is 0.310 e. The van der Waals surface area contributed by atoms with Crippen molar-refractivity contribution in [3.05, 3.63) is 83.1 Å². The van der Waals surface area contributed by atoms with Crippen LogP contribution in [-0.4, -0.2) is 28.3 Å². The number of halogens is 1. The second-order valence-corrected chi connectivity index (χ2v) is 6.74. The van der Waals surface area contributed by atoms with Crippen LogP contribution in [0.3, 0.4) is 0 Å². The molecule has 28 heavy (non-hydrogen) atoms. The van der Waals surface area contributed by atoms with Crippen LogP contribution in [0.4, 0.5) is 0 Å². The van der Waals surface area contributed by atoms with E-state index in [-0.39, 0.29) is 25.0 Å². The third-order valence-corrected chi connectivity index (χ3v) is 4.37. The topological polar surface area (TPSA) is 73.2 Å². The Labute approximate surface area is 168 Å². The van der Waals surface area contributed by atoms with E-state index in [0.717, 1.165) is 11.3 Å². The Kier molecular flexibility index (Phi) is 6.45. The molecule has 144 valence electrons. The maximum absolute atomic E-state index is 12.0. The Morgan fingerprint density at radius 3 is 2.57 bits per heavy atom. The number of nitrogens with zero attached hydrogens (tertiary/aromatic N) is 2. The zero-order valence-corrected chi connectivity index (χ0v) is 16.1. The van der Waals surface area contributed by atoms with Crippen molar-refractivity contribution in [1.29, 1.82) is 0 Å². The van der Waals surface area contributed by atoms with Crippen LogP contribution in [0, 0.1) is 0 Å². The summed E-state index contributed by atoms with van der Waals surface area (Å²) in [6.07, 6.45) is 3.42. The number of aromatic nitrogens is 2. The predicted molar refractivity (Wildman–Crippen MR) is 106 cm³/mol. The predicted octanol–water partition coefficient (Wildman–Crippen LogP) is 3.49. The van der Waals surface area contributed by atoms with Crippen LogP contribution in [-0.2, 0) is 20.7 Å². The number of amides is 1. The third kappa shape index (κ3) is 5.44. The number of benzene rings is 2. The van der Waals surface area contributed by atoms with Crippen LogP contribution in [0.25, 0.3) is 5.69 Å². The van der Waals surface area contributed by atoms with Gasteiger partial charge in [0.05, 0.1) is 24.3 Å². The van der Waals surface area contributed by atoms with Gasteiger partial charge < -0.3 is 10.1 Å². The molecule has 1 aromatic heterocycles. The van der Waals surface area contributed by atoms with Gasteiger partial charge in [-0.2, -0.15) is 5.10 Å². The summed E-state index contributed by atoms with van der Waals surface area (Å²) in [6.45, 7) is 1.52. The summed E-state index contributed by atoms with van der Waals surface area (Å²) >= 11 is 5.86. The molecule has 1 atom stereocenters. The molecule has 1 amide bonds. The summed E-state index contributed by atoms with van der Waals surface area (Å²) in [4.78, 5) is 24.0. The molecular weight excluding hydrogens is 378 g/mol. The van der Waals surface area contributed by atoms with Gasteiger partial charge in [-0.1, -0.05) is 41.9 Å². The van der Waals surface area contributed by atoms with Crippen LogP contribution in [0.15, 0.2) is 67.0 Å². The lowest BCUT2D eigenvalue weighted by Gasteiger charge is -2.14. The van der Waals surface area contributed by atoms with Crippen LogP contribution in [0.2, 0.25) is 5.02 Å². The van der Waals surface area contributed by atoms with Gasteiger partial charge in [0.2, 0.25) is 0 Å². The molecule has 0 aliphatic heterocycles. The third-order valence-electron chi connectivity index (χ3n) is 4.12. The highest BCUT2D eigenvalue weighted by atomic mass is 35.5. The van der Waals surface area contributed by atoms with Gasteiger partial charge in [-0.05, 0) is 36.8 Å². The molecule has 0 radical (unpaired) electrons. The Morgan fingerprint density at radius 1 is 1.14 bits per heavy atom. The number of para-hydroxylation sites is 1. The molecule has 0 aliphatic carbocycles. The molecule has 1 unspecified atom stereocenters. The van der Waals surface area contributed by atoms with Gasteiger partial charge in [0.15, 0.2) is 6.61 Å². The standard InChI is InChI=1S/C21H20ClN3O3/c1-15(17-7-9-18(22)10-8-17)24-20(26)14-28-21(27)11-16-12-23-25(13-16)19-5-3-2-4-6-19/h2-10,12-13,15H,11,14H2,1H3,(H,24,26). The second-order valence-electron chi connectivity index (χ2n) is 6.31. The highest BCUT2D eigenvalue weighted by Crippen LogP contribution is 2.16. The van der Waals surface area contributed by atoms with Crippen molar-refractivity contribution in [1.82, 2.24) is 15.1 Å². The minimum Gasteiger partial charge on any atom is -0.455 e. The molecule has 3 aromatic rings. The first-order valence-electron chi connectivity index (χ1n) is 8.80. The highest BCUT2D eigenvalue weighted by Gasteiger charge is 2.13. The summed E-state index contributed by atoms with van der Waals surface area (Å²) in [5.41, 5.74) is 2.53. The van der Waals surface area contributed by atoms with Crippen molar-refractivity contribution in [3.63, 3.8) is 0 Å². The fourth-order valence-corrected chi connectivity index (χ4v) is 2.78. The fourth-order valence-electron chi connectivity index (χ4n) is 2.65. The van der Waals surface area contributed by atoms with Gasteiger partial charge in [-0.25, -0.2) is 4.68 Å². The van der Waals surface area contributed by atoms with E-state index in [0.29, 0.717) is 10.6 Å². The Morgan fingerprint density at radius 2 is 1.86 bits per heavy atom. The van der Waals surface area contributed by atoms with E-state index >= 15 is 0 Å². The van der Waals surface area contributed by atoms with E-state index in [2.05, 4.69) is 10.4 Å². The Hall–Kier alpha value is -3.12. The molecule has 0 aliphatic rings.